The van der Waals surface area contributed by atoms with Crippen molar-refractivity contribution in [2.45, 2.75) is 26.3 Å². The summed E-state index contributed by atoms with van der Waals surface area (Å²) < 4.78 is 10.4. The van der Waals surface area contributed by atoms with Gasteiger partial charge in [-0.3, -0.25) is 9.59 Å². The first-order valence-electron chi connectivity index (χ1n) is 6.47. The van der Waals surface area contributed by atoms with Gasteiger partial charge < -0.3 is 19.5 Å². The first-order chi connectivity index (χ1) is 9.72. The molecule has 0 unspecified atom stereocenters. The maximum atomic E-state index is 12.8. The third-order valence-electron chi connectivity index (χ3n) is 2.99. The fourth-order valence-electron chi connectivity index (χ4n) is 1.95. The van der Waals surface area contributed by atoms with Crippen molar-refractivity contribution in [2.75, 3.05) is 20.8 Å². The van der Waals surface area contributed by atoms with Crippen molar-refractivity contribution < 1.29 is 24.2 Å². The molecule has 21 heavy (non-hydrogen) atoms. The number of carbonyl (C=O) groups excluding carboxylic acids is 1. The highest BCUT2D eigenvalue weighted by Crippen LogP contribution is 2.31. The summed E-state index contributed by atoms with van der Waals surface area (Å²) >= 11 is 0. The number of rotatable bonds is 5. The van der Waals surface area contributed by atoms with E-state index in [1.54, 1.807) is 39.0 Å². The summed E-state index contributed by atoms with van der Waals surface area (Å²) in [5, 5.41) is 9.04. The molecule has 0 fully saturated rings. The lowest BCUT2D eigenvalue weighted by Crippen LogP contribution is -2.48. The van der Waals surface area contributed by atoms with Gasteiger partial charge in [-0.1, -0.05) is 6.07 Å². The van der Waals surface area contributed by atoms with E-state index in [1.165, 1.54) is 19.1 Å². The second kappa shape index (κ2) is 6.47. The molecule has 0 spiro atoms. The van der Waals surface area contributed by atoms with E-state index in [-0.39, 0.29) is 5.56 Å². The van der Waals surface area contributed by atoms with E-state index in [0.29, 0.717) is 11.5 Å². The van der Waals surface area contributed by atoms with Crippen LogP contribution in [0.1, 0.15) is 31.1 Å². The zero-order valence-corrected chi connectivity index (χ0v) is 13.0. The molecule has 1 aromatic rings. The minimum Gasteiger partial charge on any atom is -0.496 e. The predicted molar refractivity (Wildman–Crippen MR) is 78.0 cm³/mol. The van der Waals surface area contributed by atoms with Crippen molar-refractivity contribution in [3.05, 3.63) is 23.8 Å². The van der Waals surface area contributed by atoms with Gasteiger partial charge in [0.1, 0.15) is 23.6 Å². The number of carbonyl (C=O) groups is 2. The molecule has 0 aliphatic rings. The molecule has 1 rings (SSSR count). The fraction of sp³-hybridized carbons (Fsp3) is 0.467. The Morgan fingerprint density at radius 3 is 1.95 bits per heavy atom. The zero-order chi connectivity index (χ0) is 16.2. The van der Waals surface area contributed by atoms with Gasteiger partial charge in [-0.05, 0) is 32.9 Å². The Morgan fingerprint density at radius 2 is 1.62 bits per heavy atom. The number of ether oxygens (including phenoxy) is 2. The van der Waals surface area contributed by atoms with Crippen LogP contribution in [0.2, 0.25) is 0 Å². The summed E-state index contributed by atoms with van der Waals surface area (Å²) in [4.78, 5) is 25.1. The highest BCUT2D eigenvalue weighted by molar-refractivity contribution is 6.01. The third-order valence-corrected chi connectivity index (χ3v) is 2.99. The molecule has 1 amide bonds. The van der Waals surface area contributed by atoms with E-state index < -0.39 is 24.0 Å². The molecule has 6 heteroatoms. The Labute approximate surface area is 124 Å². The second-order valence-electron chi connectivity index (χ2n) is 5.49. The number of hydrogen-bond acceptors (Lipinski definition) is 4. The van der Waals surface area contributed by atoms with Gasteiger partial charge in [-0.15, -0.1) is 0 Å². The minimum absolute atomic E-state index is 0.221. The highest BCUT2D eigenvalue weighted by atomic mass is 16.5. The number of carboxylic acid groups (broad SMARTS) is 1. The summed E-state index contributed by atoms with van der Waals surface area (Å²) in [6.07, 6.45) is 0. The number of nitrogens with zero attached hydrogens (tertiary/aromatic N) is 1. The average Bonchev–Trinajstić information content (AvgIpc) is 2.41. The van der Waals surface area contributed by atoms with Crippen molar-refractivity contribution in [2.24, 2.45) is 0 Å². The Kier molecular flexibility index (Phi) is 5.18. The highest BCUT2D eigenvalue weighted by Gasteiger charge is 2.32. The quantitative estimate of drug-likeness (QED) is 0.899. The van der Waals surface area contributed by atoms with Crippen molar-refractivity contribution >= 4 is 11.9 Å². The van der Waals surface area contributed by atoms with E-state index in [0.717, 1.165) is 0 Å². The number of aliphatic carboxylic acids is 1. The molecular weight excluding hydrogens is 274 g/mol. The van der Waals surface area contributed by atoms with Crippen molar-refractivity contribution in [3.63, 3.8) is 0 Å². The topological polar surface area (TPSA) is 76.1 Å². The molecule has 0 bridgehead atoms. The van der Waals surface area contributed by atoms with Crippen LogP contribution in [0, 0.1) is 0 Å². The standard InChI is InChI=1S/C15H21NO5/c1-15(2,3)16(9-12(17)18)14(19)13-10(20-4)7-6-8-11(13)21-5/h6-8H,9H2,1-5H3,(H,17,18). The number of carboxylic acids is 1. The van der Waals surface area contributed by atoms with Gasteiger partial charge in [-0.25, -0.2) is 0 Å². The summed E-state index contributed by atoms with van der Waals surface area (Å²) in [6.45, 7) is 4.92. The molecule has 0 heterocycles. The van der Waals surface area contributed by atoms with E-state index in [9.17, 15) is 9.59 Å². The lowest BCUT2D eigenvalue weighted by molar-refractivity contribution is -0.138. The van der Waals surface area contributed by atoms with Crippen LogP contribution in [0.15, 0.2) is 18.2 Å². The summed E-state index contributed by atoms with van der Waals surface area (Å²) in [5.74, 6) is -0.829. The molecule has 0 saturated carbocycles. The van der Waals surface area contributed by atoms with E-state index >= 15 is 0 Å². The van der Waals surface area contributed by atoms with Crippen LogP contribution in [-0.2, 0) is 4.79 Å². The molecule has 1 N–H and O–H groups in total. The van der Waals surface area contributed by atoms with Crippen LogP contribution in [0.5, 0.6) is 11.5 Å². The maximum Gasteiger partial charge on any atom is 0.323 e. The van der Waals surface area contributed by atoms with Gasteiger partial charge in [-0.2, -0.15) is 0 Å². The number of methoxy groups -OCH3 is 2. The van der Waals surface area contributed by atoms with Gasteiger partial charge in [0, 0.05) is 5.54 Å². The van der Waals surface area contributed by atoms with Crippen LogP contribution in [0.4, 0.5) is 0 Å². The van der Waals surface area contributed by atoms with Crippen LogP contribution < -0.4 is 9.47 Å². The Hall–Kier alpha value is -2.24. The molecule has 0 atom stereocenters. The largest absolute Gasteiger partial charge is 0.496 e. The first-order valence-corrected chi connectivity index (χ1v) is 6.47. The molecule has 116 valence electrons. The van der Waals surface area contributed by atoms with Crippen molar-refractivity contribution in [1.29, 1.82) is 0 Å². The van der Waals surface area contributed by atoms with Gasteiger partial charge >= 0.3 is 5.97 Å². The summed E-state index contributed by atoms with van der Waals surface area (Å²) in [5.41, 5.74) is -0.430. The van der Waals surface area contributed by atoms with E-state index in [4.69, 9.17) is 14.6 Å². The molecular formula is C15H21NO5. The second-order valence-corrected chi connectivity index (χ2v) is 5.49. The van der Waals surface area contributed by atoms with Crippen molar-refractivity contribution in [3.8, 4) is 11.5 Å². The molecule has 0 aliphatic carbocycles. The van der Waals surface area contributed by atoms with Crippen LogP contribution in [0.25, 0.3) is 0 Å². The smallest absolute Gasteiger partial charge is 0.323 e. The summed E-state index contributed by atoms with van der Waals surface area (Å²) in [6, 6.07) is 4.97. The van der Waals surface area contributed by atoms with Gasteiger partial charge in [0.15, 0.2) is 0 Å². The third kappa shape index (κ3) is 3.87. The molecule has 6 nitrogen and oxygen atoms in total. The molecule has 1 aromatic carbocycles. The number of hydrogen-bond donors (Lipinski definition) is 1. The van der Waals surface area contributed by atoms with Crippen LogP contribution in [-0.4, -0.2) is 48.2 Å². The van der Waals surface area contributed by atoms with Crippen molar-refractivity contribution in [1.82, 2.24) is 4.90 Å². The van der Waals surface area contributed by atoms with Gasteiger partial charge in [0.2, 0.25) is 0 Å². The van der Waals surface area contributed by atoms with E-state index in [2.05, 4.69) is 0 Å². The van der Waals surface area contributed by atoms with Gasteiger partial charge in [0.05, 0.1) is 14.2 Å². The Bertz CT molecular complexity index is 511. The molecule has 0 aliphatic heterocycles. The van der Waals surface area contributed by atoms with E-state index in [1.807, 2.05) is 0 Å². The average molecular weight is 295 g/mol. The lowest BCUT2D eigenvalue weighted by atomic mass is 10.0. The fourth-order valence-corrected chi connectivity index (χ4v) is 1.95. The predicted octanol–water partition coefficient (Wildman–Crippen LogP) is 2.03. The SMILES string of the molecule is COc1cccc(OC)c1C(=O)N(CC(=O)O)C(C)(C)C. The van der Waals surface area contributed by atoms with Crippen LogP contribution >= 0.6 is 0 Å². The molecule has 0 saturated heterocycles. The summed E-state index contributed by atoms with van der Waals surface area (Å²) in [7, 11) is 2.90. The molecule has 0 aromatic heterocycles. The van der Waals surface area contributed by atoms with Gasteiger partial charge in [0.25, 0.3) is 5.91 Å². The minimum atomic E-state index is -1.08. The Balaban J connectivity index is 3.36. The number of benzene rings is 1. The number of amides is 1. The Morgan fingerprint density at radius 1 is 1.14 bits per heavy atom. The van der Waals surface area contributed by atoms with Crippen LogP contribution in [0.3, 0.4) is 0 Å². The normalized spacial score (nSPS) is 10.9. The first kappa shape index (κ1) is 16.8. The maximum absolute atomic E-state index is 12.8. The lowest BCUT2D eigenvalue weighted by Gasteiger charge is -2.35. The monoisotopic (exact) mass is 295 g/mol. The zero-order valence-electron chi connectivity index (χ0n) is 13.0. The molecule has 0 radical (unpaired) electrons.